The first kappa shape index (κ1) is 13.8. The minimum atomic E-state index is -0.215. The SMILES string of the molecule is CC1c2ccsc2CCN1Cc1ccc(C(=O)NN)s1. The largest absolute Gasteiger partial charge is 0.291 e. The molecule has 1 aliphatic rings. The van der Waals surface area contributed by atoms with Crippen molar-refractivity contribution in [1.29, 1.82) is 0 Å². The smallest absolute Gasteiger partial charge is 0.275 e. The number of fused-ring (bicyclic) bond motifs is 1. The van der Waals surface area contributed by atoms with Gasteiger partial charge in [0, 0.05) is 28.9 Å². The molecule has 1 aliphatic heterocycles. The summed E-state index contributed by atoms with van der Waals surface area (Å²) in [5, 5.41) is 2.18. The van der Waals surface area contributed by atoms with Gasteiger partial charge in [0.15, 0.2) is 0 Å². The molecule has 0 spiro atoms. The lowest BCUT2D eigenvalue weighted by Gasteiger charge is -2.33. The van der Waals surface area contributed by atoms with E-state index in [0.717, 1.165) is 19.5 Å². The van der Waals surface area contributed by atoms with E-state index in [0.29, 0.717) is 10.9 Å². The van der Waals surface area contributed by atoms with Crippen molar-refractivity contribution in [3.63, 3.8) is 0 Å². The highest BCUT2D eigenvalue weighted by molar-refractivity contribution is 7.14. The first-order chi connectivity index (χ1) is 9.69. The van der Waals surface area contributed by atoms with Crippen LogP contribution in [-0.4, -0.2) is 17.4 Å². The molecule has 4 nitrogen and oxygen atoms in total. The Bertz CT molecular complexity index is 619. The number of carbonyl (C=O) groups is 1. The van der Waals surface area contributed by atoms with E-state index in [1.165, 1.54) is 26.7 Å². The molecule has 0 bridgehead atoms. The fourth-order valence-corrected chi connectivity index (χ4v) is 4.53. The zero-order valence-corrected chi connectivity index (χ0v) is 12.9. The Morgan fingerprint density at radius 2 is 2.35 bits per heavy atom. The Balaban J connectivity index is 1.73. The van der Waals surface area contributed by atoms with Crippen molar-refractivity contribution >= 4 is 28.6 Å². The number of carbonyl (C=O) groups excluding carboxylic acids is 1. The molecule has 1 amide bonds. The van der Waals surface area contributed by atoms with Gasteiger partial charge in [0.1, 0.15) is 0 Å². The molecule has 1 atom stereocenters. The number of nitrogen functional groups attached to an aromatic ring is 1. The van der Waals surface area contributed by atoms with Gasteiger partial charge in [-0.2, -0.15) is 0 Å². The Morgan fingerprint density at radius 3 is 3.15 bits per heavy atom. The molecule has 0 radical (unpaired) electrons. The first-order valence-corrected chi connectivity index (χ1v) is 8.28. The van der Waals surface area contributed by atoms with Crippen molar-refractivity contribution in [2.24, 2.45) is 5.84 Å². The van der Waals surface area contributed by atoms with Crippen LogP contribution < -0.4 is 11.3 Å². The highest BCUT2D eigenvalue weighted by atomic mass is 32.1. The Labute approximate surface area is 126 Å². The molecule has 2 aromatic heterocycles. The van der Waals surface area contributed by atoms with E-state index >= 15 is 0 Å². The van der Waals surface area contributed by atoms with Gasteiger partial charge in [-0.25, -0.2) is 5.84 Å². The van der Waals surface area contributed by atoms with Crippen molar-refractivity contribution in [1.82, 2.24) is 10.3 Å². The van der Waals surface area contributed by atoms with Crippen LogP contribution in [0.3, 0.4) is 0 Å². The number of nitrogens with one attached hydrogen (secondary N) is 1. The van der Waals surface area contributed by atoms with E-state index in [2.05, 4.69) is 28.7 Å². The summed E-state index contributed by atoms with van der Waals surface area (Å²) in [6.07, 6.45) is 1.12. The van der Waals surface area contributed by atoms with E-state index in [1.54, 1.807) is 0 Å². The summed E-state index contributed by atoms with van der Waals surface area (Å²) < 4.78 is 0. The molecule has 1 unspecified atom stereocenters. The minimum Gasteiger partial charge on any atom is -0.291 e. The Kier molecular flexibility index (Phi) is 3.89. The molecule has 0 fully saturated rings. The average molecular weight is 307 g/mol. The summed E-state index contributed by atoms with van der Waals surface area (Å²) in [6.45, 7) is 4.22. The predicted molar refractivity (Wildman–Crippen MR) is 82.8 cm³/mol. The van der Waals surface area contributed by atoms with Gasteiger partial charge in [-0.3, -0.25) is 15.1 Å². The summed E-state index contributed by atoms with van der Waals surface area (Å²) in [5.74, 6) is 4.94. The second kappa shape index (κ2) is 5.65. The maximum absolute atomic E-state index is 11.5. The van der Waals surface area contributed by atoms with Crippen LogP contribution in [0.5, 0.6) is 0 Å². The lowest BCUT2D eigenvalue weighted by Crippen LogP contribution is -2.32. The molecule has 3 heterocycles. The quantitative estimate of drug-likeness (QED) is 0.520. The van der Waals surface area contributed by atoms with Gasteiger partial charge in [0.25, 0.3) is 5.91 Å². The fourth-order valence-electron chi connectivity index (χ4n) is 2.63. The molecule has 0 saturated carbocycles. The number of rotatable bonds is 3. The van der Waals surface area contributed by atoms with E-state index in [-0.39, 0.29) is 5.91 Å². The molecule has 3 rings (SSSR count). The molecular weight excluding hydrogens is 290 g/mol. The second-order valence-corrected chi connectivity index (χ2v) is 7.10. The molecule has 2 aromatic rings. The van der Waals surface area contributed by atoms with Gasteiger partial charge in [0.05, 0.1) is 4.88 Å². The summed E-state index contributed by atoms with van der Waals surface area (Å²) in [5.41, 5.74) is 3.63. The third kappa shape index (κ3) is 2.52. The monoisotopic (exact) mass is 307 g/mol. The number of hydrogen-bond donors (Lipinski definition) is 2. The van der Waals surface area contributed by atoms with Crippen molar-refractivity contribution < 1.29 is 4.79 Å². The normalized spacial score (nSPS) is 18.8. The highest BCUT2D eigenvalue weighted by Crippen LogP contribution is 2.34. The van der Waals surface area contributed by atoms with E-state index in [4.69, 9.17) is 5.84 Å². The number of nitrogens with zero attached hydrogens (tertiary/aromatic N) is 1. The average Bonchev–Trinajstić information content (AvgIpc) is 3.10. The maximum atomic E-state index is 11.5. The molecule has 6 heteroatoms. The van der Waals surface area contributed by atoms with E-state index < -0.39 is 0 Å². The van der Waals surface area contributed by atoms with Crippen LogP contribution in [0.4, 0.5) is 0 Å². The fraction of sp³-hybridized carbons (Fsp3) is 0.357. The third-order valence-corrected chi connectivity index (χ3v) is 5.84. The second-order valence-electron chi connectivity index (χ2n) is 4.93. The van der Waals surface area contributed by atoms with Gasteiger partial charge in [-0.05, 0) is 42.5 Å². The van der Waals surface area contributed by atoms with Crippen molar-refractivity contribution in [2.75, 3.05) is 6.54 Å². The van der Waals surface area contributed by atoms with Gasteiger partial charge in [0.2, 0.25) is 0 Å². The summed E-state index contributed by atoms with van der Waals surface area (Å²) >= 11 is 3.37. The molecule has 106 valence electrons. The number of thiophene rings is 2. The maximum Gasteiger partial charge on any atom is 0.275 e. The zero-order chi connectivity index (χ0) is 14.1. The van der Waals surface area contributed by atoms with Crippen LogP contribution >= 0.6 is 22.7 Å². The topological polar surface area (TPSA) is 58.4 Å². The molecule has 0 saturated heterocycles. The van der Waals surface area contributed by atoms with Crippen molar-refractivity contribution in [3.8, 4) is 0 Å². The van der Waals surface area contributed by atoms with Gasteiger partial charge >= 0.3 is 0 Å². The lowest BCUT2D eigenvalue weighted by atomic mass is 10.0. The lowest BCUT2D eigenvalue weighted by molar-refractivity contribution is 0.0957. The van der Waals surface area contributed by atoms with Crippen LogP contribution in [0.2, 0.25) is 0 Å². The summed E-state index contributed by atoms with van der Waals surface area (Å²) in [4.78, 5) is 17.3. The predicted octanol–water partition coefficient (Wildman–Crippen LogP) is 2.53. The highest BCUT2D eigenvalue weighted by Gasteiger charge is 2.25. The summed E-state index contributed by atoms with van der Waals surface area (Å²) in [6, 6.07) is 6.54. The molecule has 0 aromatic carbocycles. The Hall–Kier alpha value is -1.21. The number of hydrogen-bond acceptors (Lipinski definition) is 5. The molecule has 0 aliphatic carbocycles. The molecule has 3 N–H and O–H groups in total. The first-order valence-electron chi connectivity index (χ1n) is 6.59. The van der Waals surface area contributed by atoms with Crippen LogP contribution in [0, 0.1) is 0 Å². The number of amides is 1. The third-order valence-electron chi connectivity index (χ3n) is 3.78. The number of nitrogens with two attached hydrogens (primary N) is 1. The minimum absolute atomic E-state index is 0.215. The molecule has 20 heavy (non-hydrogen) atoms. The van der Waals surface area contributed by atoms with Gasteiger partial charge < -0.3 is 0 Å². The van der Waals surface area contributed by atoms with Gasteiger partial charge in [-0.15, -0.1) is 22.7 Å². The van der Waals surface area contributed by atoms with Crippen LogP contribution in [0.15, 0.2) is 23.6 Å². The summed E-state index contributed by atoms with van der Waals surface area (Å²) in [7, 11) is 0. The van der Waals surface area contributed by atoms with Crippen LogP contribution in [0.1, 0.15) is 38.0 Å². The van der Waals surface area contributed by atoms with E-state index in [1.807, 2.05) is 23.5 Å². The van der Waals surface area contributed by atoms with Crippen LogP contribution in [-0.2, 0) is 13.0 Å². The zero-order valence-electron chi connectivity index (χ0n) is 11.3. The van der Waals surface area contributed by atoms with Crippen molar-refractivity contribution in [3.05, 3.63) is 43.8 Å². The van der Waals surface area contributed by atoms with Gasteiger partial charge in [-0.1, -0.05) is 0 Å². The van der Waals surface area contributed by atoms with E-state index in [9.17, 15) is 4.79 Å². The molecular formula is C14H17N3OS2. The van der Waals surface area contributed by atoms with Crippen LogP contribution in [0.25, 0.3) is 0 Å². The number of hydrazine groups is 1. The van der Waals surface area contributed by atoms with Crippen molar-refractivity contribution in [2.45, 2.75) is 25.9 Å². The Morgan fingerprint density at radius 1 is 1.50 bits per heavy atom. The standard InChI is InChI=1S/C14H17N3OS2/c1-9-11-5-7-19-12(11)4-6-17(9)8-10-2-3-13(20-10)14(18)16-15/h2-3,5,7,9H,4,6,8,15H2,1H3,(H,16,18).